The van der Waals surface area contributed by atoms with Crippen LogP contribution in [-0.2, 0) is 11.3 Å². The number of phenolic OH excluding ortho intramolecular Hbond substituents is 1. The van der Waals surface area contributed by atoms with Crippen LogP contribution < -0.4 is 9.47 Å². The summed E-state index contributed by atoms with van der Waals surface area (Å²) in [6.45, 7) is 2.18. The molecule has 0 saturated carbocycles. The number of phenols is 1. The van der Waals surface area contributed by atoms with E-state index in [9.17, 15) is 9.90 Å². The zero-order chi connectivity index (χ0) is 15.4. The van der Waals surface area contributed by atoms with Crippen molar-refractivity contribution in [3.8, 4) is 17.2 Å². The number of piperidine rings is 1. The van der Waals surface area contributed by atoms with Crippen molar-refractivity contribution in [3.05, 3.63) is 17.7 Å². The number of hydrogen-bond donors (Lipinski definition) is 2. The van der Waals surface area contributed by atoms with E-state index in [1.54, 1.807) is 12.1 Å². The number of aliphatic carboxylic acids is 1. The standard InChI is InChI=1S/C15H21NO5/c1-20-12-7-10(8-13(21-2)14(12)17)9-16-5-3-11(4-6-16)15(18)19/h7-8,11,17H,3-6,9H2,1-2H3,(H,18,19). The van der Waals surface area contributed by atoms with Crippen molar-refractivity contribution in [2.45, 2.75) is 19.4 Å². The van der Waals surface area contributed by atoms with E-state index in [0.29, 0.717) is 30.9 Å². The summed E-state index contributed by atoms with van der Waals surface area (Å²) in [5, 5.41) is 18.9. The SMILES string of the molecule is COc1cc(CN2CCC(C(=O)O)CC2)cc(OC)c1O. The summed E-state index contributed by atoms with van der Waals surface area (Å²) in [6, 6.07) is 3.56. The van der Waals surface area contributed by atoms with Crippen LogP contribution in [0, 0.1) is 5.92 Å². The fourth-order valence-corrected chi connectivity index (χ4v) is 2.64. The predicted octanol–water partition coefficient (Wildman–Crippen LogP) is 1.71. The number of rotatable bonds is 5. The van der Waals surface area contributed by atoms with E-state index in [1.165, 1.54) is 14.2 Å². The Bertz CT molecular complexity index is 484. The van der Waals surface area contributed by atoms with Gasteiger partial charge in [-0.2, -0.15) is 0 Å². The molecule has 0 radical (unpaired) electrons. The van der Waals surface area contributed by atoms with E-state index in [4.69, 9.17) is 14.6 Å². The summed E-state index contributed by atoms with van der Waals surface area (Å²) in [4.78, 5) is 13.1. The first kappa shape index (κ1) is 15.4. The molecule has 116 valence electrons. The average Bonchev–Trinajstić information content (AvgIpc) is 2.49. The van der Waals surface area contributed by atoms with Crippen molar-refractivity contribution >= 4 is 5.97 Å². The molecular formula is C15H21NO5. The van der Waals surface area contributed by atoms with Crippen LogP contribution in [0.2, 0.25) is 0 Å². The molecule has 1 heterocycles. The molecule has 2 N–H and O–H groups in total. The monoisotopic (exact) mass is 295 g/mol. The molecule has 6 heteroatoms. The van der Waals surface area contributed by atoms with Gasteiger partial charge in [0.25, 0.3) is 0 Å². The van der Waals surface area contributed by atoms with Crippen molar-refractivity contribution in [1.29, 1.82) is 0 Å². The molecule has 0 amide bonds. The molecule has 0 aliphatic carbocycles. The summed E-state index contributed by atoms with van der Waals surface area (Å²) in [7, 11) is 2.99. The van der Waals surface area contributed by atoms with Crippen molar-refractivity contribution in [2.24, 2.45) is 5.92 Å². The fourth-order valence-electron chi connectivity index (χ4n) is 2.64. The molecule has 1 fully saturated rings. The zero-order valence-corrected chi connectivity index (χ0v) is 12.3. The molecule has 21 heavy (non-hydrogen) atoms. The number of aromatic hydroxyl groups is 1. The van der Waals surface area contributed by atoms with Crippen LogP contribution in [0.3, 0.4) is 0 Å². The summed E-state index contributed by atoms with van der Waals surface area (Å²) in [5.74, 6) is -0.185. The molecule has 0 spiro atoms. The topological polar surface area (TPSA) is 79.2 Å². The van der Waals surface area contributed by atoms with E-state index >= 15 is 0 Å². The van der Waals surface area contributed by atoms with Gasteiger partial charge in [0.1, 0.15) is 0 Å². The van der Waals surface area contributed by atoms with Crippen molar-refractivity contribution < 1.29 is 24.5 Å². The van der Waals surface area contributed by atoms with Gasteiger partial charge >= 0.3 is 5.97 Å². The van der Waals surface area contributed by atoms with Gasteiger partial charge in [-0.3, -0.25) is 9.69 Å². The third-order valence-electron chi connectivity index (χ3n) is 3.88. The van der Waals surface area contributed by atoms with Crippen molar-refractivity contribution in [3.63, 3.8) is 0 Å². The van der Waals surface area contributed by atoms with Gasteiger partial charge < -0.3 is 19.7 Å². The van der Waals surface area contributed by atoms with Crippen LogP contribution >= 0.6 is 0 Å². The highest BCUT2D eigenvalue weighted by atomic mass is 16.5. The maximum absolute atomic E-state index is 10.9. The maximum atomic E-state index is 10.9. The lowest BCUT2D eigenvalue weighted by Gasteiger charge is -2.30. The normalized spacial score (nSPS) is 16.7. The van der Waals surface area contributed by atoms with Crippen LogP contribution in [0.4, 0.5) is 0 Å². The minimum Gasteiger partial charge on any atom is -0.502 e. The van der Waals surface area contributed by atoms with E-state index in [2.05, 4.69) is 4.90 Å². The summed E-state index contributed by atoms with van der Waals surface area (Å²) in [5.41, 5.74) is 0.968. The van der Waals surface area contributed by atoms with Gasteiger partial charge in [-0.15, -0.1) is 0 Å². The van der Waals surface area contributed by atoms with E-state index in [-0.39, 0.29) is 11.7 Å². The number of methoxy groups -OCH3 is 2. The number of hydrogen-bond acceptors (Lipinski definition) is 5. The molecule has 1 saturated heterocycles. The smallest absolute Gasteiger partial charge is 0.306 e. The number of likely N-dealkylation sites (tertiary alicyclic amines) is 1. The van der Waals surface area contributed by atoms with E-state index < -0.39 is 5.97 Å². The Morgan fingerprint density at radius 2 is 1.76 bits per heavy atom. The first-order valence-corrected chi connectivity index (χ1v) is 6.94. The molecule has 0 unspecified atom stereocenters. The highest BCUT2D eigenvalue weighted by molar-refractivity contribution is 5.70. The van der Waals surface area contributed by atoms with Gasteiger partial charge in [-0.1, -0.05) is 0 Å². The molecule has 0 bridgehead atoms. The van der Waals surface area contributed by atoms with Crippen LogP contribution in [0.25, 0.3) is 0 Å². The molecule has 1 aliphatic rings. The Labute approximate surface area is 123 Å². The first-order chi connectivity index (χ1) is 10.0. The van der Waals surface area contributed by atoms with Gasteiger partial charge in [0.2, 0.25) is 5.75 Å². The third-order valence-corrected chi connectivity index (χ3v) is 3.88. The molecule has 2 rings (SSSR count). The second-order valence-corrected chi connectivity index (χ2v) is 5.24. The van der Waals surface area contributed by atoms with Crippen LogP contribution in [0.5, 0.6) is 17.2 Å². The van der Waals surface area contributed by atoms with Crippen LogP contribution in [-0.4, -0.2) is 48.4 Å². The third kappa shape index (κ3) is 3.58. The lowest BCUT2D eigenvalue weighted by molar-refractivity contribution is -0.143. The minimum absolute atomic E-state index is 0.00617. The lowest BCUT2D eigenvalue weighted by Crippen LogP contribution is -2.35. The molecular weight excluding hydrogens is 274 g/mol. The van der Waals surface area contributed by atoms with Gasteiger partial charge in [-0.05, 0) is 43.6 Å². The zero-order valence-electron chi connectivity index (χ0n) is 12.3. The first-order valence-electron chi connectivity index (χ1n) is 6.94. The number of carboxylic acids is 1. The summed E-state index contributed by atoms with van der Waals surface area (Å²) >= 11 is 0. The Balaban J connectivity index is 2.05. The number of carbonyl (C=O) groups is 1. The van der Waals surface area contributed by atoms with Gasteiger partial charge in [0.15, 0.2) is 11.5 Å². The molecule has 0 atom stereocenters. The Morgan fingerprint density at radius 3 is 2.19 bits per heavy atom. The maximum Gasteiger partial charge on any atom is 0.306 e. The Morgan fingerprint density at radius 1 is 1.24 bits per heavy atom. The molecule has 1 aliphatic heterocycles. The molecule has 1 aromatic carbocycles. The van der Waals surface area contributed by atoms with Crippen molar-refractivity contribution in [1.82, 2.24) is 4.90 Å². The second kappa shape index (κ2) is 6.67. The van der Waals surface area contributed by atoms with E-state index in [1.807, 2.05) is 0 Å². The minimum atomic E-state index is -0.706. The van der Waals surface area contributed by atoms with Crippen LogP contribution in [0.1, 0.15) is 18.4 Å². The number of ether oxygens (including phenoxy) is 2. The predicted molar refractivity (Wildman–Crippen MR) is 76.8 cm³/mol. The van der Waals surface area contributed by atoms with Crippen LogP contribution in [0.15, 0.2) is 12.1 Å². The van der Waals surface area contributed by atoms with Crippen molar-refractivity contribution in [2.75, 3.05) is 27.3 Å². The number of carboxylic acid groups (broad SMARTS) is 1. The molecule has 6 nitrogen and oxygen atoms in total. The highest BCUT2D eigenvalue weighted by Gasteiger charge is 2.24. The largest absolute Gasteiger partial charge is 0.502 e. The second-order valence-electron chi connectivity index (χ2n) is 5.24. The van der Waals surface area contributed by atoms with Gasteiger partial charge in [-0.25, -0.2) is 0 Å². The van der Waals surface area contributed by atoms with E-state index in [0.717, 1.165) is 18.7 Å². The van der Waals surface area contributed by atoms with Gasteiger partial charge in [0, 0.05) is 6.54 Å². The Kier molecular flexibility index (Phi) is 4.90. The average molecular weight is 295 g/mol. The van der Waals surface area contributed by atoms with Gasteiger partial charge in [0.05, 0.1) is 20.1 Å². The fraction of sp³-hybridized carbons (Fsp3) is 0.533. The lowest BCUT2D eigenvalue weighted by atomic mass is 9.97. The summed E-state index contributed by atoms with van der Waals surface area (Å²) < 4.78 is 10.3. The molecule has 1 aromatic rings. The quantitative estimate of drug-likeness (QED) is 0.861. The summed E-state index contributed by atoms with van der Waals surface area (Å²) in [6.07, 6.45) is 1.34. The number of nitrogens with zero attached hydrogens (tertiary/aromatic N) is 1. The molecule has 0 aromatic heterocycles. The number of benzene rings is 1. The Hall–Kier alpha value is -1.95. The highest BCUT2D eigenvalue weighted by Crippen LogP contribution is 2.37.